The van der Waals surface area contributed by atoms with Gasteiger partial charge in [0, 0.05) is 30.9 Å². The molecule has 0 aromatic heterocycles. The zero-order valence-electron chi connectivity index (χ0n) is 20.3. The summed E-state index contributed by atoms with van der Waals surface area (Å²) in [5.74, 6) is -10.0. The summed E-state index contributed by atoms with van der Waals surface area (Å²) < 4.78 is 100. The summed E-state index contributed by atoms with van der Waals surface area (Å²) in [6.07, 6.45) is -0.00351. The molecule has 0 saturated heterocycles. The van der Waals surface area contributed by atoms with Crippen molar-refractivity contribution in [2.75, 3.05) is 30.7 Å². The van der Waals surface area contributed by atoms with Gasteiger partial charge in [-0.1, -0.05) is 29.3 Å². The van der Waals surface area contributed by atoms with Gasteiger partial charge in [-0.25, -0.2) is 30.4 Å². The SMILES string of the molecule is CS(=O)(=O)Nc1ccc(OCC(O)CN(CCc2ccc(Cl)c(Cl)c2)Cc2c(F)c(F)c(F)c(F)c2F)cc1. The van der Waals surface area contributed by atoms with Crippen molar-refractivity contribution in [1.29, 1.82) is 0 Å². The standard InChI is InChI=1S/C25H23Cl2F5N2O4S/c1-39(36,37)33-15-3-5-17(6-4-15)38-13-16(35)11-34(9-8-14-2-7-19(26)20(27)10-14)12-18-21(28)23(30)25(32)24(31)22(18)29/h2-7,10,16,33,35H,8-9,11-13H2,1H3. The molecule has 1 atom stereocenters. The number of anilines is 1. The lowest BCUT2D eigenvalue weighted by Gasteiger charge is -2.26. The second-order valence-electron chi connectivity index (χ2n) is 8.65. The van der Waals surface area contributed by atoms with E-state index in [1.54, 1.807) is 18.2 Å². The van der Waals surface area contributed by atoms with Crippen LogP contribution >= 0.6 is 23.2 Å². The smallest absolute Gasteiger partial charge is 0.229 e. The van der Waals surface area contributed by atoms with Gasteiger partial charge in [0.1, 0.15) is 18.5 Å². The number of sulfonamides is 1. The topological polar surface area (TPSA) is 78.9 Å². The zero-order valence-corrected chi connectivity index (χ0v) is 22.7. The molecule has 3 rings (SSSR count). The van der Waals surface area contributed by atoms with Gasteiger partial charge in [0.15, 0.2) is 23.3 Å². The summed E-state index contributed by atoms with van der Waals surface area (Å²) in [7, 11) is -3.47. The maximum absolute atomic E-state index is 14.4. The lowest BCUT2D eigenvalue weighted by Crippen LogP contribution is -2.37. The zero-order chi connectivity index (χ0) is 28.9. The third-order valence-electron chi connectivity index (χ3n) is 5.45. The molecule has 0 radical (unpaired) electrons. The Morgan fingerprint density at radius 2 is 1.51 bits per heavy atom. The highest BCUT2D eigenvalue weighted by Gasteiger charge is 2.27. The number of aliphatic hydroxyl groups excluding tert-OH is 1. The van der Waals surface area contributed by atoms with Crippen LogP contribution in [-0.2, 0) is 23.0 Å². The van der Waals surface area contributed by atoms with Crippen molar-refractivity contribution in [1.82, 2.24) is 4.90 Å². The number of hydrogen-bond donors (Lipinski definition) is 2. The molecule has 14 heteroatoms. The molecule has 3 aromatic carbocycles. The van der Waals surface area contributed by atoms with Gasteiger partial charge >= 0.3 is 0 Å². The van der Waals surface area contributed by atoms with Crippen LogP contribution in [0.1, 0.15) is 11.1 Å². The molecule has 212 valence electrons. The lowest BCUT2D eigenvalue weighted by molar-refractivity contribution is 0.0649. The highest BCUT2D eigenvalue weighted by atomic mass is 35.5. The molecule has 1 unspecified atom stereocenters. The lowest BCUT2D eigenvalue weighted by atomic mass is 10.1. The fourth-order valence-electron chi connectivity index (χ4n) is 3.61. The number of aliphatic hydroxyl groups is 1. The van der Waals surface area contributed by atoms with Crippen LogP contribution in [0.2, 0.25) is 10.0 Å². The Labute approximate surface area is 232 Å². The van der Waals surface area contributed by atoms with E-state index in [0.717, 1.165) is 6.26 Å². The van der Waals surface area contributed by atoms with Gasteiger partial charge in [-0.2, -0.15) is 0 Å². The van der Waals surface area contributed by atoms with Crippen LogP contribution in [0.4, 0.5) is 27.6 Å². The second kappa shape index (κ2) is 13.1. The fraction of sp³-hybridized carbons (Fsp3) is 0.280. The minimum atomic E-state index is -3.47. The molecule has 39 heavy (non-hydrogen) atoms. The Hall–Kier alpha value is -2.64. The summed E-state index contributed by atoms with van der Waals surface area (Å²) in [4.78, 5) is 1.31. The van der Waals surface area contributed by atoms with Crippen LogP contribution in [0, 0.1) is 29.1 Å². The van der Waals surface area contributed by atoms with Crippen LogP contribution in [-0.4, -0.2) is 50.5 Å². The number of rotatable bonds is 12. The number of nitrogens with one attached hydrogen (secondary N) is 1. The monoisotopic (exact) mass is 612 g/mol. The molecule has 0 aliphatic carbocycles. The molecular formula is C25H23Cl2F5N2O4S. The highest BCUT2D eigenvalue weighted by molar-refractivity contribution is 7.92. The Morgan fingerprint density at radius 1 is 0.923 bits per heavy atom. The van der Waals surface area contributed by atoms with Crippen molar-refractivity contribution in [2.24, 2.45) is 0 Å². The number of nitrogens with zero attached hydrogens (tertiary/aromatic N) is 1. The quantitative estimate of drug-likeness (QED) is 0.159. The van der Waals surface area contributed by atoms with E-state index in [1.165, 1.54) is 29.2 Å². The van der Waals surface area contributed by atoms with Gasteiger partial charge in [-0.3, -0.25) is 9.62 Å². The van der Waals surface area contributed by atoms with Crippen LogP contribution in [0.3, 0.4) is 0 Å². The van der Waals surface area contributed by atoms with E-state index in [-0.39, 0.29) is 36.9 Å². The van der Waals surface area contributed by atoms with Crippen LogP contribution in [0.15, 0.2) is 42.5 Å². The summed E-state index contributed by atoms with van der Waals surface area (Å²) in [5.41, 5.74) is -0.0651. The van der Waals surface area contributed by atoms with E-state index < -0.39 is 57.3 Å². The molecule has 2 N–H and O–H groups in total. The Kier molecular flexibility index (Phi) is 10.4. The highest BCUT2D eigenvalue weighted by Crippen LogP contribution is 2.26. The van der Waals surface area contributed by atoms with Crippen molar-refractivity contribution in [3.8, 4) is 5.75 Å². The first kappa shape index (κ1) is 30.9. The third kappa shape index (κ3) is 8.67. The largest absolute Gasteiger partial charge is 0.491 e. The minimum Gasteiger partial charge on any atom is -0.491 e. The average Bonchev–Trinajstić information content (AvgIpc) is 2.88. The van der Waals surface area contributed by atoms with Crippen molar-refractivity contribution >= 4 is 38.9 Å². The van der Waals surface area contributed by atoms with E-state index in [2.05, 4.69) is 4.72 Å². The Morgan fingerprint density at radius 3 is 2.08 bits per heavy atom. The van der Waals surface area contributed by atoms with E-state index >= 15 is 0 Å². The summed E-state index contributed by atoms with van der Waals surface area (Å²) in [5, 5.41) is 11.1. The molecular weight excluding hydrogens is 590 g/mol. The molecule has 6 nitrogen and oxygen atoms in total. The minimum absolute atomic E-state index is 0.0420. The van der Waals surface area contributed by atoms with E-state index in [1.807, 2.05) is 0 Å². The number of halogens is 7. The molecule has 0 heterocycles. The van der Waals surface area contributed by atoms with Gasteiger partial charge < -0.3 is 9.84 Å². The van der Waals surface area contributed by atoms with E-state index in [0.29, 0.717) is 16.3 Å². The van der Waals surface area contributed by atoms with Gasteiger partial charge in [0.2, 0.25) is 15.8 Å². The molecule has 0 amide bonds. The predicted molar refractivity (Wildman–Crippen MR) is 138 cm³/mol. The Balaban J connectivity index is 1.73. The first-order valence-corrected chi connectivity index (χ1v) is 13.9. The van der Waals surface area contributed by atoms with Crippen molar-refractivity contribution < 1.29 is 40.2 Å². The summed E-state index contributed by atoms with van der Waals surface area (Å²) >= 11 is 11.9. The Bertz CT molecular complexity index is 1400. The maximum Gasteiger partial charge on any atom is 0.229 e. The molecule has 0 aliphatic rings. The third-order valence-corrected chi connectivity index (χ3v) is 6.80. The van der Waals surface area contributed by atoms with Gasteiger partial charge in [-0.15, -0.1) is 0 Å². The van der Waals surface area contributed by atoms with Crippen molar-refractivity contribution in [3.63, 3.8) is 0 Å². The molecule has 0 bridgehead atoms. The molecule has 3 aromatic rings. The van der Waals surface area contributed by atoms with Crippen LogP contribution in [0.5, 0.6) is 5.75 Å². The van der Waals surface area contributed by atoms with Crippen LogP contribution < -0.4 is 9.46 Å². The second-order valence-corrected chi connectivity index (χ2v) is 11.2. The normalized spacial score (nSPS) is 12.6. The van der Waals surface area contributed by atoms with Crippen molar-refractivity contribution in [2.45, 2.75) is 19.1 Å². The molecule has 0 fully saturated rings. The first-order chi connectivity index (χ1) is 18.2. The van der Waals surface area contributed by atoms with Crippen molar-refractivity contribution in [3.05, 3.63) is 92.7 Å². The molecule has 0 saturated carbocycles. The van der Waals surface area contributed by atoms with E-state index in [4.69, 9.17) is 27.9 Å². The number of ether oxygens (including phenoxy) is 1. The predicted octanol–water partition coefficient (Wildman–Crippen LogP) is 5.55. The number of hydrogen-bond acceptors (Lipinski definition) is 5. The summed E-state index contributed by atoms with van der Waals surface area (Å²) in [6, 6.07) is 10.6. The van der Waals surface area contributed by atoms with Gasteiger partial charge in [-0.05, 0) is 48.4 Å². The average molecular weight is 613 g/mol. The van der Waals surface area contributed by atoms with Crippen LogP contribution in [0.25, 0.3) is 0 Å². The molecule has 0 aliphatic heterocycles. The van der Waals surface area contributed by atoms with E-state index in [9.17, 15) is 35.5 Å². The fourth-order valence-corrected chi connectivity index (χ4v) is 4.49. The number of benzene rings is 3. The maximum atomic E-state index is 14.4. The molecule has 0 spiro atoms. The first-order valence-electron chi connectivity index (χ1n) is 11.3. The van der Waals surface area contributed by atoms with Gasteiger partial charge in [0.05, 0.1) is 16.3 Å². The van der Waals surface area contributed by atoms with Gasteiger partial charge in [0.25, 0.3) is 0 Å². The summed E-state index contributed by atoms with van der Waals surface area (Å²) in [6.45, 7) is -1.20.